The summed E-state index contributed by atoms with van der Waals surface area (Å²) in [5, 5.41) is 0. The Kier molecular flexibility index (Phi) is 3.65. The van der Waals surface area contributed by atoms with Gasteiger partial charge in [-0.15, -0.1) is 0 Å². The summed E-state index contributed by atoms with van der Waals surface area (Å²) in [6.45, 7) is 4.64. The Morgan fingerprint density at radius 2 is 2.13 bits per heavy atom. The van der Waals surface area contributed by atoms with Gasteiger partial charge in [0, 0.05) is 25.7 Å². The second-order valence-corrected chi connectivity index (χ2v) is 5.52. The molecule has 1 saturated carbocycles. The molecular formula is C12H25N3. The van der Waals surface area contributed by atoms with Crippen molar-refractivity contribution in [2.24, 2.45) is 17.6 Å². The summed E-state index contributed by atoms with van der Waals surface area (Å²) in [4.78, 5) is 4.98. The molecule has 3 aliphatic rings. The molecule has 2 aliphatic heterocycles. The van der Waals surface area contributed by atoms with Crippen LogP contribution in [0.2, 0.25) is 0 Å². The van der Waals surface area contributed by atoms with Gasteiger partial charge in [-0.1, -0.05) is 0 Å². The van der Waals surface area contributed by atoms with Crippen molar-refractivity contribution in [2.75, 3.05) is 40.3 Å². The SMILES string of the molecule is CN(C)CCN1CC2CCC1CC2CN. The largest absolute Gasteiger partial charge is 0.330 e. The van der Waals surface area contributed by atoms with E-state index in [1.807, 2.05) is 0 Å². The molecule has 3 nitrogen and oxygen atoms in total. The van der Waals surface area contributed by atoms with Gasteiger partial charge in [0.25, 0.3) is 0 Å². The number of likely N-dealkylation sites (N-methyl/N-ethyl adjacent to an activating group) is 1. The van der Waals surface area contributed by atoms with Crippen LogP contribution < -0.4 is 5.73 Å². The average Bonchev–Trinajstić information content (AvgIpc) is 2.27. The smallest absolute Gasteiger partial charge is 0.0112 e. The van der Waals surface area contributed by atoms with Crippen molar-refractivity contribution < 1.29 is 0 Å². The van der Waals surface area contributed by atoms with Crippen LogP contribution in [0.25, 0.3) is 0 Å². The van der Waals surface area contributed by atoms with E-state index in [0.717, 1.165) is 24.4 Å². The molecule has 3 rings (SSSR count). The maximum Gasteiger partial charge on any atom is 0.0112 e. The van der Waals surface area contributed by atoms with Crippen molar-refractivity contribution in [3.05, 3.63) is 0 Å². The normalized spacial score (nSPS) is 36.4. The van der Waals surface area contributed by atoms with E-state index < -0.39 is 0 Å². The molecule has 1 aliphatic carbocycles. The molecule has 2 bridgehead atoms. The number of rotatable bonds is 4. The molecule has 0 aromatic rings. The number of nitrogens with two attached hydrogens (primary N) is 1. The van der Waals surface area contributed by atoms with E-state index in [-0.39, 0.29) is 0 Å². The highest BCUT2D eigenvalue weighted by molar-refractivity contribution is 4.93. The molecule has 0 aromatic carbocycles. The zero-order chi connectivity index (χ0) is 10.8. The number of piperidine rings is 2. The molecular weight excluding hydrogens is 186 g/mol. The molecule has 3 fully saturated rings. The maximum absolute atomic E-state index is 5.83. The van der Waals surface area contributed by atoms with E-state index in [1.165, 1.54) is 38.9 Å². The van der Waals surface area contributed by atoms with E-state index in [9.17, 15) is 0 Å². The van der Waals surface area contributed by atoms with Crippen molar-refractivity contribution >= 4 is 0 Å². The van der Waals surface area contributed by atoms with Gasteiger partial charge < -0.3 is 10.6 Å². The van der Waals surface area contributed by atoms with E-state index >= 15 is 0 Å². The van der Waals surface area contributed by atoms with Crippen LogP contribution in [0.3, 0.4) is 0 Å². The summed E-state index contributed by atoms with van der Waals surface area (Å²) < 4.78 is 0. The first-order chi connectivity index (χ1) is 7.20. The summed E-state index contributed by atoms with van der Waals surface area (Å²) in [7, 11) is 4.32. The first-order valence-corrected chi connectivity index (χ1v) is 6.29. The summed E-state index contributed by atoms with van der Waals surface area (Å²) in [5.74, 6) is 1.71. The van der Waals surface area contributed by atoms with Crippen LogP contribution in [0, 0.1) is 11.8 Å². The van der Waals surface area contributed by atoms with E-state index in [1.54, 1.807) is 0 Å². The van der Waals surface area contributed by atoms with Gasteiger partial charge >= 0.3 is 0 Å². The predicted molar refractivity (Wildman–Crippen MR) is 63.8 cm³/mol. The zero-order valence-electron chi connectivity index (χ0n) is 10.2. The maximum atomic E-state index is 5.83. The number of hydrogen-bond acceptors (Lipinski definition) is 3. The summed E-state index contributed by atoms with van der Waals surface area (Å²) >= 11 is 0. The highest BCUT2D eigenvalue weighted by Crippen LogP contribution is 2.38. The summed E-state index contributed by atoms with van der Waals surface area (Å²) in [5.41, 5.74) is 5.83. The molecule has 88 valence electrons. The monoisotopic (exact) mass is 211 g/mol. The third kappa shape index (κ3) is 2.52. The lowest BCUT2D eigenvalue weighted by Gasteiger charge is -2.49. The van der Waals surface area contributed by atoms with E-state index in [2.05, 4.69) is 23.9 Å². The van der Waals surface area contributed by atoms with Crippen LogP contribution in [-0.4, -0.2) is 56.1 Å². The molecule has 0 amide bonds. The van der Waals surface area contributed by atoms with Crippen molar-refractivity contribution in [1.29, 1.82) is 0 Å². The Balaban J connectivity index is 1.85. The Bertz CT molecular complexity index is 205. The molecule has 3 heteroatoms. The minimum absolute atomic E-state index is 0.819. The lowest BCUT2D eigenvalue weighted by Crippen LogP contribution is -2.54. The first-order valence-electron chi connectivity index (χ1n) is 6.29. The summed E-state index contributed by atoms with van der Waals surface area (Å²) in [6, 6.07) is 0.837. The van der Waals surface area contributed by atoms with Crippen molar-refractivity contribution in [2.45, 2.75) is 25.3 Å². The number of fused-ring (bicyclic) bond motifs is 3. The molecule has 15 heavy (non-hydrogen) atoms. The highest BCUT2D eigenvalue weighted by Gasteiger charge is 2.39. The molecule has 2 heterocycles. The third-order valence-electron chi connectivity index (χ3n) is 4.23. The highest BCUT2D eigenvalue weighted by atomic mass is 15.2. The molecule has 2 N–H and O–H groups in total. The Morgan fingerprint density at radius 1 is 1.33 bits per heavy atom. The topological polar surface area (TPSA) is 32.5 Å². The van der Waals surface area contributed by atoms with Crippen molar-refractivity contribution in [3.8, 4) is 0 Å². The lowest BCUT2D eigenvalue weighted by molar-refractivity contribution is 0.00552. The van der Waals surface area contributed by atoms with Gasteiger partial charge in [0.1, 0.15) is 0 Å². The molecule has 2 saturated heterocycles. The van der Waals surface area contributed by atoms with Crippen LogP contribution >= 0.6 is 0 Å². The fourth-order valence-electron chi connectivity index (χ4n) is 3.22. The second-order valence-electron chi connectivity index (χ2n) is 5.52. The zero-order valence-corrected chi connectivity index (χ0v) is 10.2. The van der Waals surface area contributed by atoms with Gasteiger partial charge in [-0.3, -0.25) is 4.90 Å². The summed E-state index contributed by atoms with van der Waals surface area (Å²) in [6.07, 6.45) is 4.19. The van der Waals surface area contributed by atoms with Crippen LogP contribution in [0.1, 0.15) is 19.3 Å². The minimum atomic E-state index is 0.819. The van der Waals surface area contributed by atoms with Crippen molar-refractivity contribution in [3.63, 3.8) is 0 Å². The Morgan fingerprint density at radius 3 is 2.67 bits per heavy atom. The average molecular weight is 211 g/mol. The van der Waals surface area contributed by atoms with Gasteiger partial charge in [-0.05, 0) is 51.7 Å². The van der Waals surface area contributed by atoms with Crippen molar-refractivity contribution in [1.82, 2.24) is 9.80 Å². The number of nitrogens with zero attached hydrogens (tertiary/aromatic N) is 2. The van der Waals surface area contributed by atoms with Crippen LogP contribution in [0.4, 0.5) is 0 Å². The van der Waals surface area contributed by atoms with Gasteiger partial charge in [0.15, 0.2) is 0 Å². The van der Waals surface area contributed by atoms with Crippen LogP contribution in [0.15, 0.2) is 0 Å². The fourth-order valence-corrected chi connectivity index (χ4v) is 3.22. The van der Waals surface area contributed by atoms with Crippen LogP contribution in [-0.2, 0) is 0 Å². The minimum Gasteiger partial charge on any atom is -0.330 e. The number of hydrogen-bond donors (Lipinski definition) is 1. The van der Waals surface area contributed by atoms with E-state index in [0.29, 0.717) is 0 Å². The molecule has 0 radical (unpaired) electrons. The second kappa shape index (κ2) is 4.81. The van der Waals surface area contributed by atoms with Gasteiger partial charge in [-0.2, -0.15) is 0 Å². The molecule has 3 atom stereocenters. The van der Waals surface area contributed by atoms with Gasteiger partial charge in [0.05, 0.1) is 0 Å². The molecule has 3 unspecified atom stereocenters. The quantitative estimate of drug-likeness (QED) is 0.739. The Hall–Kier alpha value is -0.120. The van der Waals surface area contributed by atoms with Gasteiger partial charge in [-0.25, -0.2) is 0 Å². The fraction of sp³-hybridized carbons (Fsp3) is 1.00. The Labute approximate surface area is 93.6 Å². The van der Waals surface area contributed by atoms with Crippen LogP contribution in [0.5, 0.6) is 0 Å². The standard InChI is InChI=1S/C12H25N3/c1-14(2)5-6-15-9-10-3-4-12(15)7-11(10)8-13/h10-12H,3-9,13H2,1-2H3. The molecule has 0 spiro atoms. The van der Waals surface area contributed by atoms with Gasteiger partial charge in [0.2, 0.25) is 0 Å². The van der Waals surface area contributed by atoms with E-state index in [4.69, 9.17) is 5.73 Å². The third-order valence-corrected chi connectivity index (χ3v) is 4.23. The first kappa shape index (κ1) is 11.4. The lowest BCUT2D eigenvalue weighted by atomic mass is 9.72. The molecule has 0 aromatic heterocycles. The predicted octanol–water partition coefficient (Wildman–Crippen LogP) is 0.607.